The van der Waals surface area contributed by atoms with Crippen molar-refractivity contribution in [2.24, 2.45) is 0 Å². The maximum Gasteiger partial charge on any atom is 0.247 e. The van der Waals surface area contributed by atoms with Crippen LogP contribution in [0.4, 0.5) is 11.4 Å². The molecule has 0 aliphatic heterocycles. The van der Waals surface area contributed by atoms with Gasteiger partial charge in [0.2, 0.25) is 15.9 Å². The Morgan fingerprint density at radius 3 is 2.28 bits per heavy atom. The number of benzene rings is 2. The molecular weight excluding hydrogens is 336 g/mol. The van der Waals surface area contributed by atoms with Gasteiger partial charge in [0.15, 0.2) is 0 Å². The topological polar surface area (TPSA) is 66.5 Å². The highest BCUT2D eigenvalue weighted by Crippen LogP contribution is 2.23. The molecule has 1 amide bonds. The molecular formula is C19H24N2O3S. The molecule has 6 heteroatoms. The molecule has 0 saturated carbocycles. The Morgan fingerprint density at radius 2 is 1.72 bits per heavy atom. The van der Waals surface area contributed by atoms with Gasteiger partial charge in [-0.2, -0.15) is 0 Å². The molecule has 0 spiro atoms. The van der Waals surface area contributed by atoms with E-state index in [-0.39, 0.29) is 5.91 Å². The number of sulfonamides is 1. The quantitative estimate of drug-likeness (QED) is 0.888. The van der Waals surface area contributed by atoms with Crippen molar-refractivity contribution in [3.05, 3.63) is 59.2 Å². The summed E-state index contributed by atoms with van der Waals surface area (Å²) < 4.78 is 25.7. The summed E-state index contributed by atoms with van der Waals surface area (Å²) in [6.07, 6.45) is 1.11. The minimum atomic E-state index is -3.61. The monoisotopic (exact) mass is 360 g/mol. The maximum atomic E-state index is 12.6. The number of hydrogen-bond acceptors (Lipinski definition) is 3. The highest BCUT2D eigenvalue weighted by molar-refractivity contribution is 7.92. The molecule has 0 aromatic heterocycles. The van der Waals surface area contributed by atoms with E-state index in [4.69, 9.17) is 0 Å². The second kappa shape index (κ2) is 7.27. The second-order valence-corrected chi connectivity index (χ2v) is 8.22. The molecule has 2 aromatic carbocycles. The van der Waals surface area contributed by atoms with E-state index in [0.29, 0.717) is 11.4 Å². The zero-order valence-electron chi connectivity index (χ0n) is 15.2. The molecule has 25 heavy (non-hydrogen) atoms. The van der Waals surface area contributed by atoms with Crippen LogP contribution in [0.1, 0.15) is 23.6 Å². The van der Waals surface area contributed by atoms with E-state index in [1.165, 1.54) is 0 Å². The average molecular weight is 360 g/mol. The molecule has 0 unspecified atom stereocenters. The van der Waals surface area contributed by atoms with Gasteiger partial charge in [-0.1, -0.05) is 18.2 Å². The molecule has 5 nitrogen and oxygen atoms in total. The smallest absolute Gasteiger partial charge is 0.247 e. The summed E-state index contributed by atoms with van der Waals surface area (Å²) >= 11 is 0. The molecule has 2 rings (SSSR count). The van der Waals surface area contributed by atoms with E-state index < -0.39 is 16.1 Å². The lowest BCUT2D eigenvalue weighted by atomic mass is 10.1. The summed E-state index contributed by atoms with van der Waals surface area (Å²) in [5.41, 5.74) is 4.24. The standard InChI is InChI=1S/C19H24N2O3S/c1-13-7-6-8-18(11-13)21(25(5,23)24)16(4)19(22)20-17-10-9-14(2)15(3)12-17/h6-12,16H,1-5H3,(H,20,22)/t16-/m0/s1. The highest BCUT2D eigenvalue weighted by Gasteiger charge is 2.29. The number of rotatable bonds is 5. The molecule has 0 aliphatic rings. The van der Waals surface area contributed by atoms with Crippen molar-refractivity contribution in [1.82, 2.24) is 0 Å². The number of carbonyl (C=O) groups is 1. The lowest BCUT2D eigenvalue weighted by Gasteiger charge is -2.28. The van der Waals surface area contributed by atoms with E-state index >= 15 is 0 Å². The van der Waals surface area contributed by atoms with Gasteiger partial charge < -0.3 is 5.32 Å². The molecule has 0 saturated heterocycles. The van der Waals surface area contributed by atoms with Crippen molar-refractivity contribution in [2.45, 2.75) is 33.7 Å². The minimum Gasteiger partial charge on any atom is -0.324 e. The van der Waals surface area contributed by atoms with Crippen LogP contribution in [0, 0.1) is 20.8 Å². The Labute approximate surface area is 149 Å². The second-order valence-electron chi connectivity index (χ2n) is 6.36. The molecule has 1 atom stereocenters. The average Bonchev–Trinajstić information content (AvgIpc) is 2.49. The number of nitrogens with zero attached hydrogens (tertiary/aromatic N) is 1. The summed E-state index contributed by atoms with van der Waals surface area (Å²) in [6.45, 7) is 7.42. The summed E-state index contributed by atoms with van der Waals surface area (Å²) in [4.78, 5) is 12.6. The fraction of sp³-hybridized carbons (Fsp3) is 0.316. The fourth-order valence-electron chi connectivity index (χ4n) is 2.64. The Kier molecular flexibility index (Phi) is 5.52. The SMILES string of the molecule is Cc1cccc(N([C@@H](C)C(=O)Nc2ccc(C)c(C)c2)S(C)(=O)=O)c1. The van der Waals surface area contributed by atoms with Crippen LogP contribution in [0.5, 0.6) is 0 Å². The zero-order valence-corrected chi connectivity index (χ0v) is 16.0. The number of carbonyl (C=O) groups excluding carboxylic acids is 1. The van der Waals surface area contributed by atoms with Gasteiger partial charge in [0.1, 0.15) is 6.04 Å². The summed E-state index contributed by atoms with van der Waals surface area (Å²) in [5.74, 6) is -0.379. The van der Waals surface area contributed by atoms with Gasteiger partial charge in [-0.15, -0.1) is 0 Å². The normalized spacial score (nSPS) is 12.5. The molecule has 134 valence electrons. The third-order valence-electron chi connectivity index (χ3n) is 4.12. The Balaban J connectivity index is 2.31. The van der Waals surface area contributed by atoms with Crippen LogP contribution < -0.4 is 9.62 Å². The first-order chi connectivity index (χ1) is 11.6. The highest BCUT2D eigenvalue weighted by atomic mass is 32.2. The molecule has 0 heterocycles. The zero-order chi connectivity index (χ0) is 18.8. The van der Waals surface area contributed by atoms with Crippen LogP contribution >= 0.6 is 0 Å². The molecule has 0 fully saturated rings. The lowest BCUT2D eigenvalue weighted by Crippen LogP contribution is -2.45. The van der Waals surface area contributed by atoms with Crippen molar-refractivity contribution in [1.29, 1.82) is 0 Å². The third kappa shape index (κ3) is 4.60. The van der Waals surface area contributed by atoms with Gasteiger partial charge in [-0.25, -0.2) is 8.42 Å². The van der Waals surface area contributed by atoms with Crippen molar-refractivity contribution in [2.75, 3.05) is 15.9 Å². The molecule has 0 bridgehead atoms. The molecule has 0 radical (unpaired) electrons. The van der Waals surface area contributed by atoms with E-state index in [1.54, 1.807) is 25.1 Å². The van der Waals surface area contributed by atoms with Gasteiger partial charge in [0, 0.05) is 5.69 Å². The lowest BCUT2D eigenvalue weighted by molar-refractivity contribution is -0.116. The summed E-state index contributed by atoms with van der Waals surface area (Å²) in [6, 6.07) is 11.8. The Bertz CT molecular complexity index is 891. The first kappa shape index (κ1) is 19.0. The molecule has 1 N–H and O–H groups in total. The first-order valence-electron chi connectivity index (χ1n) is 8.04. The van der Waals surface area contributed by atoms with Crippen LogP contribution in [0.25, 0.3) is 0 Å². The van der Waals surface area contributed by atoms with Crippen molar-refractivity contribution in [3.63, 3.8) is 0 Å². The van der Waals surface area contributed by atoms with Crippen LogP contribution in [-0.2, 0) is 14.8 Å². The summed E-state index contributed by atoms with van der Waals surface area (Å²) in [5, 5.41) is 2.80. The van der Waals surface area contributed by atoms with Gasteiger partial charge in [-0.05, 0) is 68.7 Å². The van der Waals surface area contributed by atoms with Gasteiger partial charge in [0.25, 0.3) is 0 Å². The van der Waals surface area contributed by atoms with Crippen LogP contribution in [0.2, 0.25) is 0 Å². The van der Waals surface area contributed by atoms with Crippen LogP contribution in [0.15, 0.2) is 42.5 Å². The maximum absolute atomic E-state index is 12.6. The number of nitrogens with one attached hydrogen (secondary N) is 1. The van der Waals surface area contributed by atoms with E-state index in [1.807, 2.05) is 45.0 Å². The fourth-order valence-corrected chi connectivity index (χ4v) is 3.81. The number of anilines is 2. The van der Waals surface area contributed by atoms with Gasteiger partial charge in [-0.3, -0.25) is 9.10 Å². The predicted molar refractivity (Wildman–Crippen MR) is 103 cm³/mol. The Morgan fingerprint density at radius 1 is 1.04 bits per heavy atom. The van der Waals surface area contributed by atoms with Crippen molar-refractivity contribution in [3.8, 4) is 0 Å². The predicted octanol–water partition coefficient (Wildman–Crippen LogP) is 3.41. The van der Waals surface area contributed by atoms with Crippen molar-refractivity contribution < 1.29 is 13.2 Å². The largest absolute Gasteiger partial charge is 0.324 e. The van der Waals surface area contributed by atoms with Crippen LogP contribution in [-0.4, -0.2) is 26.6 Å². The third-order valence-corrected chi connectivity index (χ3v) is 5.36. The molecule has 2 aromatic rings. The van der Waals surface area contributed by atoms with Crippen LogP contribution in [0.3, 0.4) is 0 Å². The summed E-state index contributed by atoms with van der Waals surface area (Å²) in [7, 11) is -3.61. The Hall–Kier alpha value is -2.34. The van der Waals surface area contributed by atoms with E-state index in [2.05, 4.69) is 5.32 Å². The van der Waals surface area contributed by atoms with Gasteiger partial charge in [0.05, 0.1) is 11.9 Å². The minimum absolute atomic E-state index is 0.379. The van der Waals surface area contributed by atoms with Crippen molar-refractivity contribution >= 4 is 27.3 Å². The number of aryl methyl sites for hydroxylation is 3. The number of hydrogen-bond donors (Lipinski definition) is 1. The first-order valence-corrected chi connectivity index (χ1v) is 9.88. The number of amides is 1. The molecule has 0 aliphatic carbocycles. The van der Waals surface area contributed by atoms with E-state index in [9.17, 15) is 13.2 Å². The van der Waals surface area contributed by atoms with Gasteiger partial charge >= 0.3 is 0 Å². The van der Waals surface area contributed by atoms with E-state index in [0.717, 1.165) is 27.3 Å².